The van der Waals surface area contributed by atoms with E-state index < -0.39 is 5.82 Å². The van der Waals surface area contributed by atoms with Crippen molar-refractivity contribution in [2.75, 3.05) is 12.4 Å². The first kappa shape index (κ1) is 18.7. The zero-order chi connectivity index (χ0) is 20.4. The average molecular weight is 390 g/mol. The number of benzene rings is 1. The van der Waals surface area contributed by atoms with Crippen molar-refractivity contribution in [2.45, 2.75) is 20.4 Å². The van der Waals surface area contributed by atoms with Gasteiger partial charge < -0.3 is 10.1 Å². The van der Waals surface area contributed by atoms with Crippen LogP contribution in [0.15, 0.2) is 42.9 Å². The molecule has 3 heterocycles. The smallest absolute Gasteiger partial charge is 0.149 e. The maximum Gasteiger partial charge on any atom is 0.149 e. The maximum absolute atomic E-state index is 14.5. The zero-order valence-electron chi connectivity index (χ0n) is 16.3. The van der Waals surface area contributed by atoms with E-state index in [1.165, 1.54) is 12.4 Å². The van der Waals surface area contributed by atoms with Crippen LogP contribution in [-0.4, -0.2) is 32.3 Å². The Bertz CT molecular complexity index is 1180. The highest BCUT2D eigenvalue weighted by molar-refractivity contribution is 5.96. The molecule has 146 valence electrons. The standard InChI is InChI=1S/C21H19FN6O/c1-12-6-17(22)19(23-9-12)14-7-16-20(18(8-14)29-3)25-11-26-21(16)24-10-15-5-4-13(2)27-28-15/h4-9,11H,10H2,1-3H3,(H,24,25,26). The molecule has 0 aliphatic rings. The molecule has 8 heteroatoms. The van der Waals surface area contributed by atoms with Crippen LogP contribution in [0, 0.1) is 19.7 Å². The van der Waals surface area contributed by atoms with Gasteiger partial charge in [0, 0.05) is 17.1 Å². The summed E-state index contributed by atoms with van der Waals surface area (Å²) in [6, 6.07) is 8.79. The van der Waals surface area contributed by atoms with Crippen molar-refractivity contribution in [3.8, 4) is 17.0 Å². The van der Waals surface area contributed by atoms with E-state index in [2.05, 4.69) is 30.5 Å². The van der Waals surface area contributed by atoms with E-state index in [0.717, 1.165) is 17.0 Å². The van der Waals surface area contributed by atoms with Crippen LogP contribution in [0.2, 0.25) is 0 Å². The van der Waals surface area contributed by atoms with Crippen molar-refractivity contribution in [2.24, 2.45) is 0 Å². The van der Waals surface area contributed by atoms with Crippen molar-refractivity contribution in [1.82, 2.24) is 25.1 Å². The van der Waals surface area contributed by atoms with E-state index in [4.69, 9.17) is 4.74 Å². The van der Waals surface area contributed by atoms with Gasteiger partial charge in [-0.05, 0) is 49.7 Å². The van der Waals surface area contributed by atoms with E-state index in [0.29, 0.717) is 34.6 Å². The molecule has 29 heavy (non-hydrogen) atoms. The summed E-state index contributed by atoms with van der Waals surface area (Å²) in [5, 5.41) is 12.2. The molecule has 0 aliphatic carbocycles. The molecule has 7 nitrogen and oxygen atoms in total. The molecule has 0 aliphatic heterocycles. The summed E-state index contributed by atoms with van der Waals surface area (Å²) >= 11 is 0. The summed E-state index contributed by atoms with van der Waals surface area (Å²) in [7, 11) is 1.55. The fourth-order valence-electron chi connectivity index (χ4n) is 3.01. The topological polar surface area (TPSA) is 85.7 Å². The summed E-state index contributed by atoms with van der Waals surface area (Å²) in [5.74, 6) is 0.706. The molecule has 4 rings (SSSR count). The number of methoxy groups -OCH3 is 1. The number of nitrogens with one attached hydrogen (secondary N) is 1. The number of aryl methyl sites for hydroxylation is 2. The van der Waals surface area contributed by atoms with Crippen molar-refractivity contribution < 1.29 is 9.13 Å². The summed E-state index contributed by atoms with van der Waals surface area (Å²) in [4.78, 5) is 12.9. The number of fused-ring (bicyclic) bond motifs is 1. The second-order valence-electron chi connectivity index (χ2n) is 6.66. The molecular weight excluding hydrogens is 371 g/mol. The molecule has 4 aromatic rings. The van der Waals surface area contributed by atoms with E-state index in [-0.39, 0.29) is 5.69 Å². The fourth-order valence-corrected chi connectivity index (χ4v) is 3.01. The predicted octanol–water partition coefficient (Wildman–Crippen LogP) is 3.86. The van der Waals surface area contributed by atoms with E-state index >= 15 is 0 Å². The maximum atomic E-state index is 14.5. The Kier molecular flexibility index (Phi) is 4.99. The minimum absolute atomic E-state index is 0.245. The molecule has 0 amide bonds. The molecule has 1 N–H and O–H groups in total. The number of pyridine rings is 1. The van der Waals surface area contributed by atoms with Crippen LogP contribution in [-0.2, 0) is 6.54 Å². The van der Waals surface area contributed by atoms with Crippen molar-refractivity contribution in [1.29, 1.82) is 0 Å². The number of nitrogens with zero attached hydrogens (tertiary/aromatic N) is 5. The second-order valence-corrected chi connectivity index (χ2v) is 6.66. The second kappa shape index (κ2) is 7.75. The first-order chi connectivity index (χ1) is 14.0. The Morgan fingerprint density at radius 3 is 2.62 bits per heavy atom. The molecule has 0 unspecified atom stereocenters. The van der Waals surface area contributed by atoms with Crippen LogP contribution in [0.1, 0.15) is 17.0 Å². The number of aromatic nitrogens is 5. The normalized spacial score (nSPS) is 10.9. The van der Waals surface area contributed by atoms with E-state index in [1.54, 1.807) is 26.3 Å². The summed E-state index contributed by atoms with van der Waals surface area (Å²) in [6.45, 7) is 4.11. The highest BCUT2D eigenvalue weighted by Gasteiger charge is 2.15. The first-order valence-corrected chi connectivity index (χ1v) is 9.03. The molecule has 3 aromatic heterocycles. The predicted molar refractivity (Wildman–Crippen MR) is 108 cm³/mol. The SMILES string of the molecule is COc1cc(-c2ncc(C)cc2F)cc2c(NCc3ccc(C)nn3)ncnc12. The highest BCUT2D eigenvalue weighted by Crippen LogP contribution is 2.34. The molecule has 0 bridgehead atoms. The molecular formula is C21H19FN6O. The Hall–Kier alpha value is -3.68. The molecule has 0 saturated heterocycles. The van der Waals surface area contributed by atoms with Crippen LogP contribution < -0.4 is 10.1 Å². The third kappa shape index (κ3) is 3.82. The van der Waals surface area contributed by atoms with Gasteiger partial charge in [-0.1, -0.05) is 0 Å². The van der Waals surface area contributed by atoms with Gasteiger partial charge in [0.2, 0.25) is 0 Å². The van der Waals surface area contributed by atoms with E-state index in [9.17, 15) is 4.39 Å². The van der Waals surface area contributed by atoms with Gasteiger partial charge in [-0.25, -0.2) is 14.4 Å². The van der Waals surface area contributed by atoms with Gasteiger partial charge in [-0.2, -0.15) is 10.2 Å². The Morgan fingerprint density at radius 1 is 1.03 bits per heavy atom. The lowest BCUT2D eigenvalue weighted by Gasteiger charge is -2.12. The fraction of sp³-hybridized carbons (Fsp3) is 0.190. The van der Waals surface area contributed by atoms with Gasteiger partial charge in [0.15, 0.2) is 0 Å². The molecule has 1 aromatic carbocycles. The summed E-state index contributed by atoms with van der Waals surface area (Å²) in [5.41, 5.74) is 3.83. The monoisotopic (exact) mass is 390 g/mol. The third-order valence-electron chi connectivity index (χ3n) is 4.47. The molecule has 0 fully saturated rings. The minimum atomic E-state index is -0.396. The third-order valence-corrected chi connectivity index (χ3v) is 4.47. The average Bonchev–Trinajstić information content (AvgIpc) is 2.72. The van der Waals surface area contributed by atoms with Crippen molar-refractivity contribution in [3.05, 3.63) is 65.6 Å². The van der Waals surface area contributed by atoms with Gasteiger partial charge >= 0.3 is 0 Å². The van der Waals surface area contributed by atoms with Gasteiger partial charge in [-0.3, -0.25) is 4.98 Å². The Balaban J connectivity index is 1.78. The molecule has 0 radical (unpaired) electrons. The van der Waals surface area contributed by atoms with Crippen molar-refractivity contribution >= 4 is 16.7 Å². The quantitative estimate of drug-likeness (QED) is 0.554. The number of halogens is 1. The molecule has 0 spiro atoms. The molecule has 0 saturated carbocycles. The Labute approximate surface area is 167 Å². The van der Waals surface area contributed by atoms with E-state index in [1.807, 2.05) is 25.1 Å². The number of anilines is 1. The lowest BCUT2D eigenvalue weighted by atomic mass is 10.1. The van der Waals surface area contributed by atoms with Crippen LogP contribution >= 0.6 is 0 Å². The van der Waals surface area contributed by atoms with Crippen LogP contribution in [0.25, 0.3) is 22.2 Å². The number of rotatable bonds is 5. The number of hydrogen-bond donors (Lipinski definition) is 1. The number of ether oxygens (including phenoxy) is 1. The lowest BCUT2D eigenvalue weighted by Crippen LogP contribution is -2.06. The first-order valence-electron chi connectivity index (χ1n) is 9.03. The van der Waals surface area contributed by atoms with Crippen LogP contribution in [0.4, 0.5) is 10.2 Å². The zero-order valence-corrected chi connectivity index (χ0v) is 16.3. The van der Waals surface area contributed by atoms with Gasteiger partial charge in [-0.15, -0.1) is 0 Å². The number of hydrogen-bond acceptors (Lipinski definition) is 7. The van der Waals surface area contributed by atoms with Crippen LogP contribution in [0.5, 0.6) is 5.75 Å². The largest absolute Gasteiger partial charge is 0.494 e. The van der Waals surface area contributed by atoms with Crippen molar-refractivity contribution in [3.63, 3.8) is 0 Å². The van der Waals surface area contributed by atoms with Gasteiger partial charge in [0.1, 0.15) is 34.9 Å². The summed E-state index contributed by atoms with van der Waals surface area (Å²) in [6.07, 6.45) is 3.09. The summed E-state index contributed by atoms with van der Waals surface area (Å²) < 4.78 is 20.0. The lowest BCUT2D eigenvalue weighted by molar-refractivity contribution is 0.419. The molecule has 0 atom stereocenters. The van der Waals surface area contributed by atoms with Crippen LogP contribution in [0.3, 0.4) is 0 Å². The highest BCUT2D eigenvalue weighted by atomic mass is 19.1. The van der Waals surface area contributed by atoms with Gasteiger partial charge in [0.25, 0.3) is 0 Å². The Morgan fingerprint density at radius 2 is 1.90 bits per heavy atom. The van der Waals surface area contributed by atoms with Gasteiger partial charge in [0.05, 0.1) is 25.0 Å². The minimum Gasteiger partial charge on any atom is -0.494 e.